The number of aliphatic imine (C=N–C) groups is 1. The van der Waals surface area contributed by atoms with Gasteiger partial charge in [0.15, 0.2) is 0 Å². The molecule has 1 aromatic carbocycles. The van der Waals surface area contributed by atoms with E-state index in [1.807, 2.05) is 12.3 Å². The van der Waals surface area contributed by atoms with Gasteiger partial charge in [-0.1, -0.05) is 0 Å². The number of rotatable bonds is 7. The zero-order valence-electron chi connectivity index (χ0n) is 12.7. The number of ketones is 1. The summed E-state index contributed by atoms with van der Waals surface area (Å²) in [5.74, 6) is 4.41. The maximum Gasteiger partial charge on any atom is 0.299 e. The molecular weight excluding hydrogens is 319 g/mol. The van der Waals surface area contributed by atoms with E-state index in [9.17, 15) is 14.0 Å². The number of hydrogen-bond donors (Lipinski definition) is 1. The van der Waals surface area contributed by atoms with Gasteiger partial charge in [0.2, 0.25) is 0 Å². The van der Waals surface area contributed by atoms with E-state index < -0.39 is 18.4 Å². The Morgan fingerprint density at radius 1 is 1.52 bits per heavy atom. The van der Waals surface area contributed by atoms with Crippen molar-refractivity contribution in [3.05, 3.63) is 35.7 Å². The zero-order valence-corrected chi connectivity index (χ0v) is 13.5. The minimum absolute atomic E-state index is 0.000429. The molecule has 23 heavy (non-hydrogen) atoms. The smallest absolute Gasteiger partial charge is 0.299 e. The number of anilines is 1. The monoisotopic (exact) mass is 336 g/mol. The summed E-state index contributed by atoms with van der Waals surface area (Å²) in [4.78, 5) is 30.3. The molecule has 1 aliphatic rings. The Labute approximate surface area is 137 Å². The number of amides is 1. The van der Waals surface area contributed by atoms with E-state index in [0.717, 1.165) is 9.90 Å². The minimum atomic E-state index is -0.623. The summed E-state index contributed by atoms with van der Waals surface area (Å²) in [6, 6.07) is 5.27. The van der Waals surface area contributed by atoms with Gasteiger partial charge >= 0.3 is 0 Å². The molecular formula is C15H17FN4O2S. The van der Waals surface area contributed by atoms with Gasteiger partial charge in [0.25, 0.3) is 11.7 Å². The second-order valence-corrected chi connectivity index (χ2v) is 5.69. The lowest BCUT2D eigenvalue weighted by atomic mass is 10.1. The van der Waals surface area contributed by atoms with Gasteiger partial charge in [0, 0.05) is 11.1 Å². The third-order valence-corrected chi connectivity index (χ3v) is 4.08. The van der Waals surface area contributed by atoms with Crippen molar-refractivity contribution in [1.82, 2.24) is 5.01 Å². The molecule has 1 aliphatic heterocycles. The van der Waals surface area contributed by atoms with Gasteiger partial charge in [0.05, 0.1) is 30.0 Å². The molecule has 1 heterocycles. The van der Waals surface area contributed by atoms with E-state index in [1.54, 1.807) is 12.1 Å². The van der Waals surface area contributed by atoms with Crippen LogP contribution < -0.4 is 10.7 Å². The van der Waals surface area contributed by atoms with Crippen molar-refractivity contribution in [2.75, 3.05) is 30.9 Å². The largest absolute Gasteiger partial charge is 0.314 e. The van der Waals surface area contributed by atoms with Crippen molar-refractivity contribution in [2.45, 2.75) is 4.90 Å². The van der Waals surface area contributed by atoms with Crippen LogP contribution in [-0.4, -0.2) is 49.4 Å². The number of nitrogens with zero attached hydrogens (tertiary/aromatic N) is 3. The van der Waals surface area contributed by atoms with Crippen molar-refractivity contribution < 1.29 is 14.0 Å². The molecule has 0 radical (unpaired) electrons. The van der Waals surface area contributed by atoms with Crippen LogP contribution in [-0.2, 0) is 4.79 Å². The first kappa shape index (κ1) is 17.2. The van der Waals surface area contributed by atoms with Crippen molar-refractivity contribution >= 4 is 35.9 Å². The van der Waals surface area contributed by atoms with E-state index >= 15 is 0 Å². The van der Waals surface area contributed by atoms with Crippen molar-refractivity contribution in [2.24, 2.45) is 10.8 Å². The maximum absolute atomic E-state index is 12.3. The molecule has 0 saturated carbocycles. The number of thioether (sulfide) groups is 1. The number of nitrogens with two attached hydrogens (primary N) is 1. The second-order valence-electron chi connectivity index (χ2n) is 4.81. The molecule has 6 nitrogen and oxygen atoms in total. The predicted molar refractivity (Wildman–Crippen MR) is 89.4 cm³/mol. The van der Waals surface area contributed by atoms with Gasteiger partial charge in [-0.3, -0.25) is 19.5 Å². The molecule has 0 fully saturated rings. The SMILES string of the molecule is C=N/C(=C\N(N)CCF)CN1C(=O)C(=O)c2cc(SC)ccc21. The molecule has 0 aliphatic carbocycles. The molecule has 0 atom stereocenters. The number of halogens is 1. The van der Waals surface area contributed by atoms with Crippen LogP contribution in [0.1, 0.15) is 10.4 Å². The van der Waals surface area contributed by atoms with Crippen molar-refractivity contribution in [3.8, 4) is 0 Å². The first-order chi connectivity index (χ1) is 11.0. The number of benzene rings is 1. The Hall–Kier alpha value is -2.19. The Balaban J connectivity index is 2.29. The molecule has 0 aromatic heterocycles. The summed E-state index contributed by atoms with van der Waals surface area (Å²) in [5.41, 5.74) is 1.27. The average Bonchev–Trinajstić information content (AvgIpc) is 2.78. The summed E-state index contributed by atoms with van der Waals surface area (Å²) >= 11 is 1.49. The lowest BCUT2D eigenvalue weighted by Crippen LogP contribution is -2.33. The lowest BCUT2D eigenvalue weighted by Gasteiger charge is -2.18. The zero-order chi connectivity index (χ0) is 17.0. The highest BCUT2D eigenvalue weighted by atomic mass is 32.2. The summed E-state index contributed by atoms with van der Waals surface area (Å²) in [7, 11) is 0. The number of carbonyl (C=O) groups is 2. The molecule has 1 aromatic rings. The fourth-order valence-corrected chi connectivity index (χ4v) is 2.65. The number of alkyl halides is 1. The highest BCUT2D eigenvalue weighted by molar-refractivity contribution is 7.98. The van der Waals surface area contributed by atoms with Crippen LogP contribution in [0.3, 0.4) is 0 Å². The Bertz CT molecular complexity index is 677. The number of carbonyl (C=O) groups excluding carboxylic acids is 2. The average molecular weight is 336 g/mol. The Kier molecular flexibility index (Phi) is 5.51. The van der Waals surface area contributed by atoms with Crippen LogP contribution in [0.2, 0.25) is 0 Å². The predicted octanol–water partition coefficient (Wildman–Crippen LogP) is 1.62. The van der Waals surface area contributed by atoms with Crippen molar-refractivity contribution in [1.29, 1.82) is 0 Å². The first-order valence-corrected chi connectivity index (χ1v) is 8.03. The number of hydrazine groups is 1. The summed E-state index contributed by atoms with van der Waals surface area (Å²) in [5, 5.41) is 1.13. The van der Waals surface area contributed by atoms with E-state index in [0.29, 0.717) is 16.9 Å². The lowest BCUT2D eigenvalue weighted by molar-refractivity contribution is -0.114. The third kappa shape index (κ3) is 3.59. The molecule has 8 heteroatoms. The van der Waals surface area contributed by atoms with Gasteiger partial charge in [0.1, 0.15) is 6.67 Å². The van der Waals surface area contributed by atoms with E-state index in [-0.39, 0.29) is 13.1 Å². The quantitative estimate of drug-likeness (QED) is 0.269. The highest BCUT2D eigenvalue weighted by Crippen LogP contribution is 2.32. The third-order valence-electron chi connectivity index (χ3n) is 3.36. The van der Waals surface area contributed by atoms with Crippen LogP contribution >= 0.6 is 11.8 Å². The fraction of sp³-hybridized carbons (Fsp3) is 0.267. The van der Waals surface area contributed by atoms with Crippen LogP contribution in [0.4, 0.5) is 10.1 Å². The van der Waals surface area contributed by atoms with Crippen LogP contribution in [0.25, 0.3) is 0 Å². The minimum Gasteiger partial charge on any atom is -0.314 e. The molecule has 0 unspecified atom stereocenters. The van der Waals surface area contributed by atoms with Crippen LogP contribution in [0.15, 0.2) is 40.0 Å². The van der Waals surface area contributed by atoms with Gasteiger partial charge < -0.3 is 5.01 Å². The van der Waals surface area contributed by atoms with Gasteiger partial charge in [-0.2, -0.15) is 0 Å². The maximum atomic E-state index is 12.3. The molecule has 2 N–H and O–H groups in total. The number of hydrogen-bond acceptors (Lipinski definition) is 6. The van der Waals surface area contributed by atoms with Crippen LogP contribution in [0, 0.1) is 0 Å². The van der Waals surface area contributed by atoms with Gasteiger partial charge in [-0.25, -0.2) is 10.2 Å². The van der Waals surface area contributed by atoms with E-state index in [2.05, 4.69) is 11.7 Å². The highest BCUT2D eigenvalue weighted by Gasteiger charge is 2.36. The molecule has 0 bridgehead atoms. The van der Waals surface area contributed by atoms with Gasteiger partial charge in [-0.15, -0.1) is 11.8 Å². The Morgan fingerprint density at radius 3 is 2.87 bits per heavy atom. The molecule has 122 valence electrons. The van der Waals surface area contributed by atoms with E-state index in [1.165, 1.54) is 22.9 Å². The molecule has 0 saturated heterocycles. The van der Waals surface area contributed by atoms with E-state index in [4.69, 9.17) is 5.84 Å². The molecule has 2 rings (SSSR count). The second kappa shape index (κ2) is 7.38. The first-order valence-electron chi connectivity index (χ1n) is 6.80. The summed E-state index contributed by atoms with van der Waals surface area (Å²) < 4.78 is 12.3. The fourth-order valence-electron chi connectivity index (χ4n) is 2.21. The topological polar surface area (TPSA) is 79.0 Å². The normalized spacial score (nSPS) is 14.2. The van der Waals surface area contributed by atoms with Crippen molar-refractivity contribution in [3.63, 3.8) is 0 Å². The Morgan fingerprint density at radius 2 is 2.26 bits per heavy atom. The number of fused-ring (bicyclic) bond motifs is 1. The summed E-state index contributed by atoms with van der Waals surface area (Å²) in [6.07, 6.45) is 3.29. The number of Topliss-reactive ketones (excluding diaryl/α,β-unsaturated/α-hetero) is 1. The summed E-state index contributed by atoms with van der Waals surface area (Å²) in [6.45, 7) is 2.85. The standard InChI is InChI=1S/C15H17FN4O2S/c1-18-10(8-19(17)6-5-16)9-20-13-4-3-11(23-2)7-12(13)14(21)15(20)22/h3-4,7-8H,1,5-6,9,17H2,2H3/b10-8-. The van der Waals surface area contributed by atoms with Crippen LogP contribution in [0.5, 0.6) is 0 Å². The molecule has 1 amide bonds. The van der Waals surface area contributed by atoms with Gasteiger partial charge in [-0.05, 0) is 31.2 Å². The molecule has 0 spiro atoms.